The van der Waals surface area contributed by atoms with Crippen LogP contribution >= 0.6 is 11.8 Å². The van der Waals surface area contributed by atoms with Crippen molar-refractivity contribution in [3.05, 3.63) is 0 Å². The fourth-order valence-electron chi connectivity index (χ4n) is 2.59. The van der Waals surface area contributed by atoms with E-state index in [0.29, 0.717) is 31.1 Å². The molecule has 0 saturated carbocycles. The van der Waals surface area contributed by atoms with Crippen LogP contribution in [0.15, 0.2) is 0 Å². The van der Waals surface area contributed by atoms with Crippen LogP contribution in [0.25, 0.3) is 0 Å². The summed E-state index contributed by atoms with van der Waals surface area (Å²) in [6.45, 7) is 5.74. The number of carbonyl (C=O) groups is 3. The molecule has 0 heterocycles. The molecular weight excluding hydrogens is 390 g/mol. The van der Waals surface area contributed by atoms with E-state index in [1.54, 1.807) is 0 Å². The molecule has 0 aromatic rings. The van der Waals surface area contributed by atoms with E-state index in [2.05, 4.69) is 21.3 Å². The lowest BCUT2D eigenvalue weighted by Gasteiger charge is -2.07. The van der Waals surface area contributed by atoms with Gasteiger partial charge < -0.3 is 27.0 Å². The van der Waals surface area contributed by atoms with Crippen molar-refractivity contribution in [2.45, 2.75) is 58.3 Å². The third kappa shape index (κ3) is 22.8. The topological polar surface area (TPSA) is 125 Å². The summed E-state index contributed by atoms with van der Waals surface area (Å²) >= 11 is 1.50. The predicted octanol–water partition coefficient (Wildman–Crippen LogP) is 0.757. The van der Waals surface area contributed by atoms with Crippen LogP contribution in [-0.2, 0) is 14.4 Å². The first kappa shape index (κ1) is 27.7. The Kier molecular flexibility index (Phi) is 20.4. The minimum atomic E-state index is -0.139. The molecule has 6 N–H and O–H groups in total. The van der Waals surface area contributed by atoms with Gasteiger partial charge in [-0.05, 0) is 38.9 Å². The van der Waals surface area contributed by atoms with E-state index >= 15 is 0 Å². The summed E-state index contributed by atoms with van der Waals surface area (Å²) in [4.78, 5) is 33.9. The van der Waals surface area contributed by atoms with Gasteiger partial charge in [0.05, 0.1) is 5.75 Å². The maximum absolute atomic E-state index is 11.7. The molecule has 0 fully saturated rings. The molecule has 29 heavy (non-hydrogen) atoms. The molecule has 0 rings (SSSR count). The summed E-state index contributed by atoms with van der Waals surface area (Å²) in [5, 5.41) is 11.7. The molecule has 8 nitrogen and oxygen atoms in total. The highest BCUT2D eigenvalue weighted by Gasteiger charge is 2.03. The molecule has 0 aliphatic heterocycles. The van der Waals surface area contributed by atoms with Crippen molar-refractivity contribution in [1.82, 2.24) is 21.3 Å². The van der Waals surface area contributed by atoms with Gasteiger partial charge in [-0.3, -0.25) is 14.4 Å². The third-order valence-corrected chi connectivity index (χ3v) is 5.15. The number of rotatable bonds is 20. The Morgan fingerprint density at radius 3 is 2.10 bits per heavy atom. The van der Waals surface area contributed by atoms with Crippen molar-refractivity contribution in [2.24, 2.45) is 5.73 Å². The molecular formula is C20H41N5O3S. The van der Waals surface area contributed by atoms with Gasteiger partial charge in [0, 0.05) is 38.7 Å². The Morgan fingerprint density at radius 2 is 1.38 bits per heavy atom. The highest BCUT2D eigenvalue weighted by Crippen LogP contribution is 2.03. The molecule has 0 bridgehead atoms. The number of carbonyl (C=O) groups excluding carboxylic acids is 3. The second-order valence-corrected chi connectivity index (χ2v) is 8.10. The zero-order valence-electron chi connectivity index (χ0n) is 18.0. The van der Waals surface area contributed by atoms with E-state index in [-0.39, 0.29) is 24.1 Å². The van der Waals surface area contributed by atoms with E-state index in [1.165, 1.54) is 50.8 Å². The van der Waals surface area contributed by atoms with Gasteiger partial charge in [-0.15, -0.1) is 0 Å². The number of unbranched alkanes of at least 4 members (excludes halogenated alkanes) is 5. The lowest BCUT2D eigenvalue weighted by molar-refractivity contribution is -0.121. The minimum absolute atomic E-state index is 0.0319. The fourth-order valence-corrected chi connectivity index (χ4v) is 3.26. The Morgan fingerprint density at radius 1 is 0.724 bits per heavy atom. The van der Waals surface area contributed by atoms with Gasteiger partial charge in [-0.2, -0.15) is 11.8 Å². The summed E-state index contributed by atoms with van der Waals surface area (Å²) in [7, 11) is 0. The van der Waals surface area contributed by atoms with Gasteiger partial charge in [0.1, 0.15) is 0 Å². The number of hydrogen-bond acceptors (Lipinski definition) is 6. The number of nitrogens with one attached hydrogen (secondary N) is 4. The minimum Gasteiger partial charge on any atom is -0.356 e. The number of hydrogen-bond donors (Lipinski definition) is 5. The van der Waals surface area contributed by atoms with Crippen LogP contribution in [0.4, 0.5) is 0 Å². The van der Waals surface area contributed by atoms with Crippen LogP contribution < -0.4 is 27.0 Å². The van der Waals surface area contributed by atoms with Gasteiger partial charge >= 0.3 is 0 Å². The van der Waals surface area contributed by atoms with Crippen LogP contribution in [0.1, 0.15) is 58.3 Å². The summed E-state index contributed by atoms with van der Waals surface area (Å²) in [5.41, 5.74) is 5.47. The Bertz CT molecular complexity index is 438. The van der Waals surface area contributed by atoms with Gasteiger partial charge in [-0.1, -0.05) is 25.7 Å². The van der Waals surface area contributed by atoms with E-state index in [0.717, 1.165) is 32.5 Å². The van der Waals surface area contributed by atoms with Crippen molar-refractivity contribution in [1.29, 1.82) is 0 Å². The number of amides is 3. The molecule has 0 saturated heterocycles. The Hall–Kier alpha value is -1.32. The first-order valence-corrected chi connectivity index (χ1v) is 12.0. The lowest BCUT2D eigenvalue weighted by atomic mass is 10.1. The second-order valence-electron chi connectivity index (χ2n) is 7.00. The van der Waals surface area contributed by atoms with Gasteiger partial charge in [0.2, 0.25) is 17.7 Å². The lowest BCUT2D eigenvalue weighted by Crippen LogP contribution is -2.31. The number of thioether (sulfide) groups is 1. The molecule has 0 aromatic heterocycles. The van der Waals surface area contributed by atoms with Crippen LogP contribution in [0.3, 0.4) is 0 Å². The summed E-state index contributed by atoms with van der Waals surface area (Å²) in [6, 6.07) is 0. The van der Waals surface area contributed by atoms with Gasteiger partial charge in [0.25, 0.3) is 0 Å². The van der Waals surface area contributed by atoms with E-state index in [9.17, 15) is 14.4 Å². The van der Waals surface area contributed by atoms with E-state index < -0.39 is 0 Å². The van der Waals surface area contributed by atoms with E-state index in [4.69, 9.17) is 5.73 Å². The van der Waals surface area contributed by atoms with Crippen LogP contribution in [0.2, 0.25) is 0 Å². The van der Waals surface area contributed by atoms with Gasteiger partial charge in [-0.25, -0.2) is 0 Å². The molecule has 0 aromatic carbocycles. The average Bonchev–Trinajstić information content (AvgIpc) is 2.68. The van der Waals surface area contributed by atoms with Crippen molar-refractivity contribution >= 4 is 29.5 Å². The first-order chi connectivity index (χ1) is 14.1. The zero-order valence-corrected chi connectivity index (χ0v) is 18.8. The number of nitrogens with two attached hydrogens (primary N) is 1. The average molecular weight is 432 g/mol. The van der Waals surface area contributed by atoms with E-state index in [1.807, 2.05) is 0 Å². The molecule has 0 unspecified atom stereocenters. The highest BCUT2D eigenvalue weighted by atomic mass is 32.2. The first-order valence-electron chi connectivity index (χ1n) is 10.8. The molecule has 0 spiro atoms. The van der Waals surface area contributed by atoms with Crippen molar-refractivity contribution < 1.29 is 14.4 Å². The third-order valence-electron chi connectivity index (χ3n) is 4.19. The van der Waals surface area contributed by atoms with Crippen molar-refractivity contribution in [3.63, 3.8) is 0 Å². The van der Waals surface area contributed by atoms with Crippen LogP contribution in [-0.4, -0.2) is 68.5 Å². The molecule has 0 radical (unpaired) electrons. The summed E-state index contributed by atoms with van der Waals surface area (Å²) in [5.74, 6) is 0.888. The maximum Gasteiger partial charge on any atom is 0.229 e. The Labute approximate surface area is 180 Å². The normalized spacial score (nSPS) is 10.6. The molecule has 170 valence electrons. The van der Waals surface area contributed by atoms with Crippen molar-refractivity contribution in [3.8, 4) is 0 Å². The predicted molar refractivity (Wildman–Crippen MR) is 121 cm³/mol. The molecule has 0 atom stereocenters. The Balaban J connectivity index is 3.28. The summed E-state index contributed by atoms with van der Waals surface area (Å²) in [6.07, 6.45) is 8.63. The van der Waals surface area contributed by atoms with Crippen molar-refractivity contribution in [2.75, 3.05) is 50.8 Å². The standard InChI is InChI=1S/C20H41N5O3S/c1-18(26)23-14-9-19(27)25-15-16-29-17-20(28)24-13-8-12-22-11-7-5-3-2-4-6-10-21/h22H,2-17,21H2,1H3,(H,23,26)(H,24,28)(H,25,27). The second kappa shape index (κ2) is 21.4. The molecule has 0 aliphatic rings. The smallest absolute Gasteiger partial charge is 0.229 e. The zero-order chi connectivity index (χ0) is 21.6. The van der Waals surface area contributed by atoms with Gasteiger partial charge in [0.15, 0.2) is 0 Å². The SMILES string of the molecule is CC(=O)NCCC(=O)NCCSCC(=O)NCCCNCCCCCCCCN. The fraction of sp³-hybridized carbons (Fsp3) is 0.850. The molecule has 3 amide bonds. The monoisotopic (exact) mass is 431 g/mol. The van der Waals surface area contributed by atoms with Crippen LogP contribution in [0, 0.1) is 0 Å². The highest BCUT2D eigenvalue weighted by molar-refractivity contribution is 7.99. The summed E-state index contributed by atoms with van der Waals surface area (Å²) < 4.78 is 0. The maximum atomic E-state index is 11.7. The van der Waals surface area contributed by atoms with Crippen LogP contribution in [0.5, 0.6) is 0 Å². The molecule has 0 aliphatic carbocycles. The largest absolute Gasteiger partial charge is 0.356 e. The quantitative estimate of drug-likeness (QED) is 0.181. The molecule has 9 heteroatoms.